The van der Waals surface area contributed by atoms with Crippen LogP contribution >= 0.6 is 0 Å². The first kappa shape index (κ1) is 23.0. The van der Waals surface area contributed by atoms with Gasteiger partial charge in [-0.3, -0.25) is 4.79 Å². The first-order valence-electron chi connectivity index (χ1n) is 12.7. The van der Waals surface area contributed by atoms with Gasteiger partial charge in [0.1, 0.15) is 5.75 Å². The van der Waals surface area contributed by atoms with E-state index in [1.54, 1.807) is 12.0 Å². The number of aliphatic hydroxyl groups excluding tert-OH is 1. The predicted molar refractivity (Wildman–Crippen MR) is 130 cm³/mol. The number of benzene rings is 1. The van der Waals surface area contributed by atoms with Crippen LogP contribution in [0.15, 0.2) is 18.2 Å². The summed E-state index contributed by atoms with van der Waals surface area (Å²) in [5, 5.41) is 14.4. The molecule has 1 spiro atoms. The van der Waals surface area contributed by atoms with Gasteiger partial charge in [-0.05, 0) is 37.0 Å². The lowest BCUT2D eigenvalue weighted by molar-refractivity contribution is -0.145. The highest BCUT2D eigenvalue weighted by Gasteiger charge is 2.55. The summed E-state index contributed by atoms with van der Waals surface area (Å²) in [5.74, 6) is 1.15. The molecule has 3 amide bonds. The number of likely N-dealkylation sites (tertiary alicyclic amines) is 1. The van der Waals surface area contributed by atoms with Gasteiger partial charge in [-0.1, -0.05) is 26.2 Å². The maximum absolute atomic E-state index is 13.2. The van der Waals surface area contributed by atoms with E-state index in [9.17, 15) is 14.7 Å². The van der Waals surface area contributed by atoms with Gasteiger partial charge in [0, 0.05) is 54.8 Å². The number of aliphatic hydroxyl groups is 1. The zero-order chi connectivity index (χ0) is 23.9. The molecule has 3 aliphatic rings. The number of hydrogen-bond donors (Lipinski definition) is 3. The van der Waals surface area contributed by atoms with E-state index >= 15 is 0 Å². The Labute approximate surface area is 200 Å². The van der Waals surface area contributed by atoms with E-state index in [0.29, 0.717) is 26.2 Å². The van der Waals surface area contributed by atoms with Crippen molar-refractivity contribution in [1.29, 1.82) is 0 Å². The fraction of sp³-hybridized carbons (Fsp3) is 0.615. The summed E-state index contributed by atoms with van der Waals surface area (Å²) < 4.78 is 5.42. The Kier molecular flexibility index (Phi) is 6.18. The van der Waals surface area contributed by atoms with Crippen molar-refractivity contribution in [1.82, 2.24) is 20.1 Å². The van der Waals surface area contributed by atoms with Crippen molar-refractivity contribution in [3.8, 4) is 5.75 Å². The van der Waals surface area contributed by atoms with Crippen LogP contribution < -0.4 is 10.1 Å². The minimum Gasteiger partial charge on any atom is -0.497 e. The molecule has 1 aromatic heterocycles. The van der Waals surface area contributed by atoms with E-state index < -0.39 is 6.04 Å². The molecule has 0 radical (unpaired) electrons. The molecule has 3 N–H and O–H groups in total. The number of H-pyrrole nitrogens is 1. The molecule has 3 heterocycles. The zero-order valence-electron chi connectivity index (χ0n) is 20.2. The number of hydrogen-bond acceptors (Lipinski definition) is 4. The van der Waals surface area contributed by atoms with Gasteiger partial charge < -0.3 is 29.9 Å². The number of carbonyl (C=O) groups is 2. The Balaban J connectivity index is 1.52. The van der Waals surface area contributed by atoms with Crippen molar-refractivity contribution < 1.29 is 19.4 Å². The molecule has 184 valence electrons. The van der Waals surface area contributed by atoms with Crippen LogP contribution in [0.25, 0.3) is 10.9 Å². The number of fused-ring (bicyclic) bond motifs is 4. The van der Waals surface area contributed by atoms with E-state index in [-0.39, 0.29) is 29.9 Å². The maximum atomic E-state index is 13.2. The quantitative estimate of drug-likeness (QED) is 0.627. The molecule has 1 atom stereocenters. The van der Waals surface area contributed by atoms with Crippen molar-refractivity contribution in [2.45, 2.75) is 56.9 Å². The fourth-order valence-electron chi connectivity index (χ4n) is 6.26. The number of urea groups is 1. The number of carbonyl (C=O) groups excluding carboxylic acids is 2. The van der Waals surface area contributed by atoms with Crippen molar-refractivity contribution in [3.05, 3.63) is 29.5 Å². The summed E-state index contributed by atoms with van der Waals surface area (Å²) >= 11 is 0. The third kappa shape index (κ3) is 3.72. The summed E-state index contributed by atoms with van der Waals surface area (Å²) in [6.07, 6.45) is 6.30. The Morgan fingerprint density at radius 2 is 1.97 bits per heavy atom. The molecule has 1 saturated carbocycles. The van der Waals surface area contributed by atoms with E-state index in [1.807, 2.05) is 24.0 Å². The average molecular weight is 469 g/mol. The van der Waals surface area contributed by atoms with Crippen LogP contribution in [-0.2, 0) is 10.2 Å². The number of methoxy groups -OCH3 is 1. The van der Waals surface area contributed by atoms with Gasteiger partial charge >= 0.3 is 6.03 Å². The number of ether oxygens (including phenoxy) is 1. The number of rotatable bonds is 5. The molecule has 1 aromatic carbocycles. The number of nitrogens with zero attached hydrogens (tertiary/aromatic N) is 2. The Morgan fingerprint density at radius 3 is 2.65 bits per heavy atom. The molecule has 0 unspecified atom stereocenters. The minimum absolute atomic E-state index is 0.135. The zero-order valence-corrected chi connectivity index (χ0v) is 20.2. The van der Waals surface area contributed by atoms with Gasteiger partial charge in [0.25, 0.3) is 0 Å². The van der Waals surface area contributed by atoms with Crippen LogP contribution in [0.5, 0.6) is 5.75 Å². The van der Waals surface area contributed by atoms with E-state index in [2.05, 4.69) is 16.4 Å². The molecule has 2 fully saturated rings. The Bertz CT molecular complexity index is 1070. The molecule has 5 rings (SSSR count). The average Bonchev–Trinajstić information content (AvgIpc) is 3.24. The molecule has 1 saturated heterocycles. The molecular weight excluding hydrogens is 432 g/mol. The molecule has 34 heavy (non-hydrogen) atoms. The van der Waals surface area contributed by atoms with Gasteiger partial charge in [0.15, 0.2) is 0 Å². The predicted octanol–water partition coefficient (Wildman–Crippen LogP) is 3.31. The molecule has 0 bridgehead atoms. The highest BCUT2D eigenvalue weighted by Crippen LogP contribution is 2.49. The lowest BCUT2D eigenvalue weighted by Crippen LogP contribution is -2.69. The van der Waals surface area contributed by atoms with Crippen molar-refractivity contribution in [2.24, 2.45) is 5.92 Å². The lowest BCUT2D eigenvalue weighted by Gasteiger charge is -2.56. The Hall–Kier alpha value is -2.74. The fourth-order valence-corrected chi connectivity index (χ4v) is 6.26. The van der Waals surface area contributed by atoms with Gasteiger partial charge in [-0.15, -0.1) is 0 Å². The molecule has 8 nitrogen and oxygen atoms in total. The normalized spacial score (nSPS) is 21.9. The van der Waals surface area contributed by atoms with Gasteiger partial charge in [-0.2, -0.15) is 0 Å². The van der Waals surface area contributed by atoms with Crippen LogP contribution in [0.3, 0.4) is 0 Å². The standard InChI is InChI=1S/C26H36N4O4/c1-3-11-27-25(33)30-16-26(14-29(15-26)24(32)17-7-5-4-6-8-17)22-19-10-9-18(34-2)12-20(19)28-23(22)21(30)13-31/h9-10,12,17,21,28,31H,3-8,11,13-16H2,1-2H3,(H,27,33)/t21-/m1/s1. The first-order chi connectivity index (χ1) is 16.5. The van der Waals surface area contributed by atoms with Gasteiger partial charge in [-0.25, -0.2) is 4.79 Å². The summed E-state index contributed by atoms with van der Waals surface area (Å²) in [5.41, 5.74) is 2.58. The Morgan fingerprint density at radius 1 is 1.21 bits per heavy atom. The van der Waals surface area contributed by atoms with Gasteiger partial charge in [0.2, 0.25) is 5.91 Å². The highest BCUT2D eigenvalue weighted by atomic mass is 16.5. The second-order valence-electron chi connectivity index (χ2n) is 10.2. The number of amides is 3. The third-order valence-corrected chi connectivity index (χ3v) is 7.96. The first-order valence-corrected chi connectivity index (χ1v) is 12.7. The van der Waals surface area contributed by atoms with Crippen LogP contribution in [0.2, 0.25) is 0 Å². The highest BCUT2D eigenvalue weighted by molar-refractivity contribution is 5.90. The topological polar surface area (TPSA) is 97.9 Å². The van der Waals surface area contributed by atoms with Crippen LogP contribution in [0.4, 0.5) is 4.79 Å². The summed E-state index contributed by atoms with van der Waals surface area (Å²) in [6.45, 7) is 4.12. The SMILES string of the molecule is CCCNC(=O)N1CC2(CN(C(=O)C3CCCCC3)C2)c2c([nH]c3cc(OC)ccc23)[C@H]1CO. The molecule has 2 aromatic rings. The number of nitrogens with one attached hydrogen (secondary N) is 2. The largest absolute Gasteiger partial charge is 0.497 e. The minimum atomic E-state index is -0.459. The number of aromatic amines is 1. The number of aromatic nitrogens is 1. The molecule has 8 heteroatoms. The van der Waals surface area contributed by atoms with Crippen molar-refractivity contribution in [3.63, 3.8) is 0 Å². The second kappa shape index (κ2) is 9.13. The second-order valence-corrected chi connectivity index (χ2v) is 10.2. The van der Waals surface area contributed by atoms with Crippen LogP contribution in [-0.4, -0.2) is 71.7 Å². The molecular formula is C26H36N4O4. The van der Waals surface area contributed by atoms with Gasteiger partial charge in [0.05, 0.1) is 25.2 Å². The van der Waals surface area contributed by atoms with E-state index in [4.69, 9.17) is 4.74 Å². The maximum Gasteiger partial charge on any atom is 0.318 e. The van der Waals surface area contributed by atoms with Crippen LogP contribution in [0.1, 0.15) is 62.7 Å². The van der Waals surface area contributed by atoms with Crippen molar-refractivity contribution in [2.75, 3.05) is 39.9 Å². The summed E-state index contributed by atoms with van der Waals surface area (Å²) in [6, 6.07) is 5.33. The summed E-state index contributed by atoms with van der Waals surface area (Å²) in [7, 11) is 1.64. The third-order valence-electron chi connectivity index (χ3n) is 7.96. The molecule has 1 aliphatic carbocycles. The van der Waals surface area contributed by atoms with E-state index in [0.717, 1.165) is 60.0 Å². The van der Waals surface area contributed by atoms with Crippen molar-refractivity contribution >= 4 is 22.8 Å². The smallest absolute Gasteiger partial charge is 0.318 e. The monoisotopic (exact) mass is 468 g/mol. The lowest BCUT2D eigenvalue weighted by atomic mass is 9.68. The van der Waals surface area contributed by atoms with E-state index in [1.165, 1.54) is 6.42 Å². The molecule has 2 aliphatic heterocycles. The summed E-state index contributed by atoms with van der Waals surface area (Å²) in [4.78, 5) is 33.6. The van der Waals surface area contributed by atoms with Crippen LogP contribution in [0, 0.1) is 5.92 Å².